The van der Waals surface area contributed by atoms with E-state index in [1.54, 1.807) is 129 Å². The van der Waals surface area contributed by atoms with Gasteiger partial charge < -0.3 is 61.7 Å². The maximum Gasteiger partial charge on any atom is 0.328 e. The summed E-state index contributed by atoms with van der Waals surface area (Å²) in [5, 5.41) is 64.5. The molecule has 3 aliphatic rings. The lowest BCUT2D eigenvalue weighted by Crippen LogP contribution is -2.48. The molecule has 0 spiro atoms. The third-order valence-corrected chi connectivity index (χ3v) is 23.4. The van der Waals surface area contributed by atoms with Crippen LogP contribution in [0.4, 0.5) is 0 Å². The van der Waals surface area contributed by atoms with Crippen molar-refractivity contribution < 1.29 is 73.2 Å². The lowest BCUT2D eigenvalue weighted by molar-refractivity contribution is -0.140. The number of carboxylic acid groups (broad SMARTS) is 3. The van der Waals surface area contributed by atoms with Gasteiger partial charge in [-0.2, -0.15) is 0 Å². The lowest BCUT2D eigenvalue weighted by Gasteiger charge is -2.37. The quantitative estimate of drug-likeness (QED) is 0.0304. The molecule has 0 radical (unpaired) electrons. The number of thiophene rings is 2. The Morgan fingerprint density at radius 1 is 0.482 bits per heavy atom. The molecule has 1 unspecified atom stereocenters. The number of carboxylic acids is 3. The summed E-state index contributed by atoms with van der Waals surface area (Å²) in [6.07, 6.45) is 2.60. The van der Waals surface area contributed by atoms with Crippen LogP contribution in [-0.2, 0) is 53.2 Å². The van der Waals surface area contributed by atoms with Gasteiger partial charge in [-0.05, 0) is 174 Å². The highest BCUT2D eigenvalue weighted by Crippen LogP contribution is 2.42. The Kier molecular flexibility index (Phi) is 29.9. The molecule has 12 rings (SSSR count). The first-order valence-corrected chi connectivity index (χ1v) is 39.9. The van der Waals surface area contributed by atoms with Gasteiger partial charge in [0, 0.05) is 91.2 Å². The number of fused-ring (bicyclic) bond motifs is 3. The van der Waals surface area contributed by atoms with E-state index in [0.29, 0.717) is 101 Å². The fourth-order valence-corrected chi connectivity index (χ4v) is 16.5. The first kappa shape index (κ1) is 87.3. The van der Waals surface area contributed by atoms with E-state index in [-0.39, 0.29) is 121 Å². The van der Waals surface area contributed by atoms with Crippen LogP contribution in [0.3, 0.4) is 0 Å². The van der Waals surface area contributed by atoms with E-state index in [4.69, 9.17) is 116 Å². The molecule has 9 aromatic rings. The van der Waals surface area contributed by atoms with Crippen LogP contribution in [-0.4, -0.2) is 173 Å². The number of halogens is 10. The molecule has 8 amide bonds. The fraction of sp³-hybridized carbons (Fsp3) is 0.250. The molecular formula is C76H65Cl10N11O15S2. The van der Waals surface area contributed by atoms with Gasteiger partial charge in [-0.3, -0.25) is 38.4 Å². The topological polar surface area (TPSA) is 369 Å². The largest absolute Gasteiger partial charge is 0.480 e. The van der Waals surface area contributed by atoms with E-state index in [1.165, 1.54) is 39.7 Å². The van der Waals surface area contributed by atoms with Crippen molar-refractivity contribution in [2.45, 2.75) is 82.8 Å². The summed E-state index contributed by atoms with van der Waals surface area (Å²) in [6.45, 7) is 4.08. The molecule has 6 aromatic carbocycles. The average Bonchev–Trinajstić information content (AvgIpc) is 0.836. The predicted molar refractivity (Wildman–Crippen MR) is 434 cm³/mol. The van der Waals surface area contributed by atoms with E-state index in [0.717, 1.165) is 5.56 Å². The SMILES string of the molecule is CC(C)n1cc(C[C@H](NC(=O)c2c(Cl)cc3c(c2Cl)CCN(C(=O)c2ccc(Cl)cc2)C3)C(=O)O)nn1.O=C(NC[C@H](NC(=O)c1c(Cl)cc2c(c1Cl)CCN(C(=O)c1ccc(Cl)c(Cl)c1)C2)C(=O)O)c1cccs1.O=C(NC[C@H](NC(=O)c1c(Cl)cc2c(c1Cl)CCN(C(=O)c1ccc(Cl)cc1)C2CO)C(=O)O)c1cccs1. The molecule has 596 valence electrons. The number of rotatable bonds is 22. The third kappa shape index (κ3) is 20.9. The van der Waals surface area contributed by atoms with E-state index in [9.17, 15) is 73.2 Å². The van der Waals surface area contributed by atoms with Crippen LogP contribution in [0.15, 0.2) is 126 Å². The highest BCUT2D eigenvalue weighted by molar-refractivity contribution is 7.12. The number of benzene rings is 6. The average molecular weight is 1790 g/mol. The smallest absolute Gasteiger partial charge is 0.328 e. The molecule has 38 heteroatoms. The van der Waals surface area contributed by atoms with E-state index < -0.39 is 78.2 Å². The molecule has 9 N–H and O–H groups in total. The summed E-state index contributed by atoms with van der Waals surface area (Å²) in [4.78, 5) is 144. The predicted octanol–water partition coefficient (Wildman–Crippen LogP) is 13.7. The van der Waals surface area contributed by atoms with Crippen molar-refractivity contribution in [1.29, 1.82) is 0 Å². The van der Waals surface area contributed by atoms with Gasteiger partial charge in [-0.15, -0.1) is 27.8 Å². The molecule has 0 aliphatic carbocycles. The molecule has 0 fully saturated rings. The van der Waals surface area contributed by atoms with Gasteiger partial charge in [0.25, 0.3) is 47.3 Å². The summed E-state index contributed by atoms with van der Waals surface area (Å²) < 4.78 is 1.61. The number of hydrogen-bond acceptors (Lipinski definition) is 16. The van der Waals surface area contributed by atoms with Crippen molar-refractivity contribution in [1.82, 2.24) is 56.3 Å². The number of aromatic nitrogens is 3. The van der Waals surface area contributed by atoms with Crippen LogP contribution in [0.25, 0.3) is 0 Å². The third-order valence-electron chi connectivity index (χ3n) is 18.3. The van der Waals surface area contributed by atoms with Gasteiger partial charge in [-0.1, -0.05) is 133 Å². The van der Waals surface area contributed by atoms with Gasteiger partial charge in [0.05, 0.1) is 85.0 Å². The number of carbonyl (C=O) groups excluding carboxylic acids is 8. The Bertz CT molecular complexity index is 5220. The highest BCUT2D eigenvalue weighted by Gasteiger charge is 2.37. The van der Waals surface area contributed by atoms with Crippen LogP contribution in [0, 0.1) is 0 Å². The molecule has 6 heterocycles. The van der Waals surface area contributed by atoms with E-state index in [2.05, 4.69) is 36.9 Å². The molecule has 26 nitrogen and oxygen atoms in total. The van der Waals surface area contributed by atoms with Crippen molar-refractivity contribution >= 4 is 204 Å². The lowest BCUT2D eigenvalue weighted by atomic mass is 9.90. The van der Waals surface area contributed by atoms with Gasteiger partial charge >= 0.3 is 17.9 Å². The molecule has 0 saturated carbocycles. The van der Waals surface area contributed by atoms with E-state index >= 15 is 0 Å². The maximum absolute atomic E-state index is 13.2. The summed E-state index contributed by atoms with van der Waals surface area (Å²) in [7, 11) is 0. The Labute approximate surface area is 708 Å². The first-order chi connectivity index (χ1) is 54.2. The van der Waals surface area contributed by atoms with Crippen LogP contribution in [0.5, 0.6) is 0 Å². The number of aliphatic carboxylic acids is 3. The Morgan fingerprint density at radius 2 is 0.904 bits per heavy atom. The monoisotopic (exact) mass is 1790 g/mol. The molecule has 114 heavy (non-hydrogen) atoms. The summed E-state index contributed by atoms with van der Waals surface area (Å²) in [5.41, 5.74) is 5.20. The molecule has 0 bridgehead atoms. The van der Waals surface area contributed by atoms with Gasteiger partial charge in [-0.25, -0.2) is 19.1 Å². The number of hydrogen-bond donors (Lipinski definition) is 9. The highest BCUT2D eigenvalue weighted by atomic mass is 35.5. The molecule has 3 aromatic heterocycles. The van der Waals surface area contributed by atoms with Crippen molar-refractivity contribution in [2.24, 2.45) is 0 Å². The maximum atomic E-state index is 13.2. The minimum absolute atomic E-state index is 0.00111. The Hall–Kier alpha value is -9.11. The zero-order valence-corrected chi connectivity index (χ0v) is 68.7. The van der Waals surface area contributed by atoms with Gasteiger partial charge in [0.15, 0.2) is 0 Å². The van der Waals surface area contributed by atoms with Gasteiger partial charge in [0.1, 0.15) is 18.1 Å². The minimum Gasteiger partial charge on any atom is -0.480 e. The van der Waals surface area contributed by atoms with E-state index in [1.807, 2.05) is 13.8 Å². The Balaban J connectivity index is 0.000000181. The van der Waals surface area contributed by atoms with Crippen LogP contribution in [0.1, 0.15) is 146 Å². The van der Waals surface area contributed by atoms with Crippen LogP contribution >= 0.6 is 139 Å². The number of nitrogens with zero attached hydrogens (tertiary/aromatic N) is 6. The Morgan fingerprint density at radius 3 is 1.32 bits per heavy atom. The summed E-state index contributed by atoms with van der Waals surface area (Å²) >= 11 is 65.3. The molecule has 3 aliphatic heterocycles. The zero-order valence-electron chi connectivity index (χ0n) is 59.6. The molecule has 0 saturated heterocycles. The second kappa shape index (κ2) is 39.0. The van der Waals surface area contributed by atoms with Crippen molar-refractivity contribution in [3.05, 3.63) is 259 Å². The van der Waals surface area contributed by atoms with Gasteiger partial charge in [0.2, 0.25) is 0 Å². The summed E-state index contributed by atoms with van der Waals surface area (Å²) in [5.74, 6) is -7.93. The van der Waals surface area contributed by atoms with Crippen molar-refractivity contribution in [3.8, 4) is 0 Å². The van der Waals surface area contributed by atoms with Crippen molar-refractivity contribution in [2.75, 3.05) is 39.3 Å². The number of carbonyl (C=O) groups is 11. The fourth-order valence-electron chi connectivity index (χ4n) is 12.4. The van der Waals surface area contributed by atoms with Crippen LogP contribution < -0.4 is 26.6 Å². The standard InChI is InChI=1S/C26H22Cl3N3O6S.C25H19Cl4N3O5S.C25H24Cl3N5O4/c27-14-5-3-13(4-6-14)25(36)32-8-7-15-16(19(32)12-33)10-17(28)21(22(15)29)24(35)31-18(26(37)38)11-30-23(34)20-2-1-9-39-20;26-15-4-3-12(8-16(15)27)24(35)32-6-5-14-13(11-32)9-17(28)20(21(14)29)23(34)31-18(25(36)37)10-30-22(33)19-2-1-7-38-19;1-13(2)33-12-17(30-31-33)10-20(25(36)37)29-23(34)21-19(27)9-15-11-32(8-7-18(15)22(21)28)24(35)14-3-5-16(26)6-4-14/h1-6,9-10,18-19,33H,7-8,11-12H2,(H,30,34)(H,31,35)(H,37,38);1-4,7-9,18H,5-6,10-11H2,(H,30,33)(H,31,34)(H,36,37);3-6,9,12-13,20H,7-8,10-11H2,1-2H3,(H,29,34)(H,36,37)/t18-,19?;18-;20-/m000/s1. The number of amides is 8. The second-order valence-electron chi connectivity index (χ2n) is 26.0. The first-order valence-electron chi connectivity index (χ1n) is 34.4. The zero-order chi connectivity index (χ0) is 82.7. The minimum atomic E-state index is -1.46. The normalized spacial score (nSPS) is 14.2. The molecular weight excluding hydrogens is 1730 g/mol. The number of nitrogens with one attached hydrogen (secondary N) is 5. The number of aliphatic hydroxyl groups excluding tert-OH is 1. The number of aliphatic hydroxyl groups is 1. The van der Waals surface area contributed by atoms with Crippen molar-refractivity contribution in [3.63, 3.8) is 0 Å². The van der Waals surface area contributed by atoms with Crippen LogP contribution in [0.2, 0.25) is 50.2 Å². The molecule has 4 atom stereocenters. The summed E-state index contributed by atoms with van der Waals surface area (Å²) in [6, 6.07) is 23.9. The second-order valence-corrected chi connectivity index (χ2v) is 31.9.